The van der Waals surface area contributed by atoms with Gasteiger partial charge in [0.05, 0.1) is 9.79 Å². The number of hydrogen-bond donors (Lipinski definition) is 1. The Labute approximate surface area is 163 Å². The largest absolute Gasteiger partial charge is 0.317 e. The van der Waals surface area contributed by atoms with Crippen LogP contribution in [0.25, 0.3) is 0 Å². The van der Waals surface area contributed by atoms with E-state index in [0.717, 1.165) is 25.9 Å². The summed E-state index contributed by atoms with van der Waals surface area (Å²) in [6.07, 6.45) is 1.49. The van der Waals surface area contributed by atoms with Crippen LogP contribution in [0.2, 0.25) is 0 Å². The Morgan fingerprint density at radius 3 is 2.00 bits per heavy atom. The van der Waals surface area contributed by atoms with Crippen molar-refractivity contribution in [3.05, 3.63) is 24.3 Å². The Morgan fingerprint density at radius 1 is 1.00 bits per heavy atom. The van der Waals surface area contributed by atoms with Crippen molar-refractivity contribution in [2.75, 3.05) is 33.2 Å². The molecule has 1 saturated heterocycles. The zero-order chi connectivity index (χ0) is 18.7. The molecule has 1 aromatic carbocycles. The third-order valence-corrected chi connectivity index (χ3v) is 8.60. The minimum absolute atomic E-state index is 0. The molecule has 1 aliphatic heterocycles. The van der Waals surface area contributed by atoms with E-state index in [1.807, 2.05) is 0 Å². The molecular formula is C16H28ClN3O4S2. The highest BCUT2D eigenvalue weighted by molar-refractivity contribution is 7.90. The number of benzene rings is 1. The maximum Gasteiger partial charge on any atom is 0.243 e. The van der Waals surface area contributed by atoms with Crippen LogP contribution in [0.15, 0.2) is 34.1 Å². The second kappa shape index (κ2) is 9.48. The summed E-state index contributed by atoms with van der Waals surface area (Å²) in [7, 11) is -5.87. The van der Waals surface area contributed by atoms with Crippen LogP contribution < -0.4 is 5.32 Å². The zero-order valence-electron chi connectivity index (χ0n) is 15.4. The van der Waals surface area contributed by atoms with Crippen molar-refractivity contribution < 1.29 is 16.8 Å². The van der Waals surface area contributed by atoms with E-state index in [-0.39, 0.29) is 28.2 Å². The molecule has 0 amide bonds. The minimum atomic E-state index is -3.74. The lowest BCUT2D eigenvalue weighted by Crippen LogP contribution is -2.43. The Morgan fingerprint density at radius 2 is 1.50 bits per heavy atom. The fraction of sp³-hybridized carbons (Fsp3) is 0.625. The molecular weight excluding hydrogens is 398 g/mol. The first-order valence-electron chi connectivity index (χ1n) is 8.54. The third kappa shape index (κ3) is 4.76. The Kier molecular flexibility index (Phi) is 8.50. The molecule has 1 aromatic rings. The maximum atomic E-state index is 12.9. The highest BCUT2D eigenvalue weighted by Gasteiger charge is 2.30. The summed E-state index contributed by atoms with van der Waals surface area (Å²) in [5.41, 5.74) is 0. The lowest BCUT2D eigenvalue weighted by atomic mass is 10.1. The van der Waals surface area contributed by atoms with Gasteiger partial charge in [-0.05, 0) is 44.1 Å². The summed E-state index contributed by atoms with van der Waals surface area (Å²) in [6.45, 7) is 5.75. The fourth-order valence-corrected chi connectivity index (χ4v) is 6.08. The molecule has 1 aliphatic rings. The number of rotatable bonds is 7. The summed E-state index contributed by atoms with van der Waals surface area (Å²) in [4.78, 5) is 0.0257. The smallest absolute Gasteiger partial charge is 0.243 e. The topological polar surface area (TPSA) is 86.8 Å². The van der Waals surface area contributed by atoms with Gasteiger partial charge in [0, 0.05) is 26.2 Å². The summed E-state index contributed by atoms with van der Waals surface area (Å²) in [5, 5.41) is 3.21. The fourth-order valence-electron chi connectivity index (χ4n) is 3.04. The van der Waals surface area contributed by atoms with Gasteiger partial charge in [-0.3, -0.25) is 0 Å². The van der Waals surface area contributed by atoms with Crippen LogP contribution in [0.4, 0.5) is 0 Å². The molecule has 0 aromatic heterocycles. The number of nitrogens with zero attached hydrogens (tertiary/aromatic N) is 2. The normalized spacial score (nSPS) is 16.7. The summed E-state index contributed by atoms with van der Waals surface area (Å²) in [5.74, 6) is 0. The van der Waals surface area contributed by atoms with Gasteiger partial charge in [-0.2, -0.15) is 8.61 Å². The number of nitrogens with one attached hydrogen (secondary N) is 1. The van der Waals surface area contributed by atoms with E-state index >= 15 is 0 Å². The molecule has 26 heavy (non-hydrogen) atoms. The predicted octanol–water partition coefficient (Wildman–Crippen LogP) is 1.51. The van der Waals surface area contributed by atoms with E-state index in [4.69, 9.17) is 0 Å². The summed E-state index contributed by atoms with van der Waals surface area (Å²) in [6, 6.07) is 5.57. The molecule has 2 rings (SSSR count). The zero-order valence-corrected chi connectivity index (χ0v) is 17.8. The molecule has 1 fully saturated rings. The van der Waals surface area contributed by atoms with E-state index < -0.39 is 20.0 Å². The van der Waals surface area contributed by atoms with Gasteiger partial charge in [0.2, 0.25) is 20.0 Å². The van der Waals surface area contributed by atoms with Crippen LogP contribution >= 0.6 is 12.4 Å². The van der Waals surface area contributed by atoms with Gasteiger partial charge >= 0.3 is 0 Å². The first-order chi connectivity index (χ1) is 11.7. The molecule has 1 heterocycles. The van der Waals surface area contributed by atoms with Gasteiger partial charge in [-0.15, -0.1) is 12.4 Å². The second-order valence-corrected chi connectivity index (χ2v) is 10.0. The number of halogens is 1. The van der Waals surface area contributed by atoms with Gasteiger partial charge in [0.15, 0.2) is 0 Å². The van der Waals surface area contributed by atoms with Gasteiger partial charge in [0.25, 0.3) is 0 Å². The van der Waals surface area contributed by atoms with Crippen molar-refractivity contribution in [3.8, 4) is 0 Å². The predicted molar refractivity (Wildman–Crippen MR) is 105 cm³/mol. The Hall–Kier alpha value is -0.710. The highest BCUT2D eigenvalue weighted by atomic mass is 35.5. The van der Waals surface area contributed by atoms with Crippen molar-refractivity contribution in [2.45, 2.75) is 42.5 Å². The molecule has 0 bridgehead atoms. The van der Waals surface area contributed by atoms with Crippen LogP contribution in [0.1, 0.15) is 26.7 Å². The first kappa shape index (κ1) is 23.3. The van der Waals surface area contributed by atoms with Gasteiger partial charge in [-0.25, -0.2) is 16.8 Å². The van der Waals surface area contributed by atoms with E-state index in [2.05, 4.69) is 5.32 Å². The van der Waals surface area contributed by atoms with Crippen molar-refractivity contribution >= 4 is 32.5 Å². The molecule has 0 spiro atoms. The number of sulfonamides is 2. The lowest BCUT2D eigenvalue weighted by molar-refractivity contribution is 0.296. The van der Waals surface area contributed by atoms with Crippen LogP contribution in [0.5, 0.6) is 0 Å². The van der Waals surface area contributed by atoms with E-state index in [1.165, 1.54) is 32.9 Å². The van der Waals surface area contributed by atoms with E-state index in [0.29, 0.717) is 13.1 Å². The SMILES string of the molecule is CCN(CC)S(=O)(=O)c1cccc(S(=O)(=O)N(C)C2CCNCC2)c1.Cl. The summed E-state index contributed by atoms with van der Waals surface area (Å²) >= 11 is 0. The van der Waals surface area contributed by atoms with E-state index in [1.54, 1.807) is 20.9 Å². The summed E-state index contributed by atoms with van der Waals surface area (Å²) < 4.78 is 53.8. The van der Waals surface area contributed by atoms with Crippen LogP contribution in [0.3, 0.4) is 0 Å². The van der Waals surface area contributed by atoms with Crippen molar-refractivity contribution in [1.29, 1.82) is 0 Å². The second-order valence-electron chi connectivity index (χ2n) is 6.07. The standard InChI is InChI=1S/C16H27N3O4S2.ClH/c1-4-19(5-2)25(22,23)16-8-6-7-15(13-16)24(20,21)18(3)14-9-11-17-12-10-14;/h6-8,13-14,17H,4-5,9-12H2,1-3H3;1H. The maximum absolute atomic E-state index is 12.9. The van der Waals surface area contributed by atoms with Gasteiger partial charge in [0.1, 0.15) is 0 Å². The minimum Gasteiger partial charge on any atom is -0.317 e. The molecule has 0 saturated carbocycles. The molecule has 0 atom stereocenters. The van der Waals surface area contributed by atoms with Crippen LogP contribution in [-0.4, -0.2) is 64.7 Å². The average molecular weight is 426 g/mol. The monoisotopic (exact) mass is 425 g/mol. The van der Waals surface area contributed by atoms with Gasteiger partial charge < -0.3 is 5.32 Å². The quantitative estimate of drug-likeness (QED) is 0.715. The Balaban J connectivity index is 0.00000338. The first-order valence-corrected chi connectivity index (χ1v) is 11.4. The number of hydrogen-bond acceptors (Lipinski definition) is 5. The van der Waals surface area contributed by atoms with Crippen molar-refractivity contribution in [1.82, 2.24) is 13.9 Å². The molecule has 0 radical (unpaired) electrons. The molecule has 0 unspecified atom stereocenters. The average Bonchev–Trinajstić information content (AvgIpc) is 2.62. The van der Waals surface area contributed by atoms with Crippen molar-refractivity contribution in [3.63, 3.8) is 0 Å². The van der Waals surface area contributed by atoms with E-state index in [9.17, 15) is 16.8 Å². The van der Waals surface area contributed by atoms with Crippen LogP contribution in [0, 0.1) is 0 Å². The molecule has 1 N–H and O–H groups in total. The molecule has 10 heteroatoms. The highest BCUT2D eigenvalue weighted by Crippen LogP contribution is 2.24. The molecule has 0 aliphatic carbocycles. The number of piperidine rings is 1. The molecule has 150 valence electrons. The van der Waals surface area contributed by atoms with Crippen LogP contribution in [-0.2, 0) is 20.0 Å². The van der Waals surface area contributed by atoms with Gasteiger partial charge in [-0.1, -0.05) is 19.9 Å². The molecule has 7 nitrogen and oxygen atoms in total. The lowest BCUT2D eigenvalue weighted by Gasteiger charge is -2.31. The third-order valence-electron chi connectivity index (χ3n) is 4.65. The Bertz CT molecular complexity index is 789. The van der Waals surface area contributed by atoms with Crippen molar-refractivity contribution in [2.24, 2.45) is 0 Å².